The van der Waals surface area contributed by atoms with Crippen LogP contribution in [0, 0.1) is 5.41 Å². The molecule has 4 heteroatoms. The molecule has 0 aliphatic rings. The number of amides is 1. The van der Waals surface area contributed by atoms with Gasteiger partial charge < -0.3 is 11.1 Å². The fraction of sp³-hybridized carbons (Fsp3) is 0.294. The fourth-order valence-electron chi connectivity index (χ4n) is 1.44. The number of carbonyl (C=O) groups is 1. The average Bonchev–Trinajstić information content (AvgIpc) is 2.49. The fourth-order valence-corrected chi connectivity index (χ4v) is 1.44. The van der Waals surface area contributed by atoms with E-state index in [2.05, 4.69) is 44.3 Å². The van der Waals surface area contributed by atoms with E-state index in [9.17, 15) is 4.79 Å². The summed E-state index contributed by atoms with van der Waals surface area (Å²) in [5, 5.41) is 9.58. The Balaban J connectivity index is 0.000000400. The molecule has 21 heavy (non-hydrogen) atoms. The summed E-state index contributed by atoms with van der Waals surface area (Å²) in [6, 6.07) is 6.72. The molecule has 0 radical (unpaired) electrons. The number of hydrogen-bond acceptors (Lipinski definition) is 2. The Bertz CT molecular complexity index is 487. The van der Waals surface area contributed by atoms with Gasteiger partial charge in [-0.1, -0.05) is 23.8 Å². The number of allylic oxidation sites excluding steroid dienone is 4. The van der Waals surface area contributed by atoms with Gasteiger partial charge in [0.15, 0.2) is 0 Å². The lowest BCUT2D eigenvalue weighted by atomic mass is 10.1. The first kappa shape index (κ1) is 18.6. The van der Waals surface area contributed by atoms with E-state index in [4.69, 9.17) is 11.1 Å². The molecule has 114 valence electrons. The van der Waals surface area contributed by atoms with Crippen molar-refractivity contribution in [3.8, 4) is 0 Å². The van der Waals surface area contributed by atoms with Gasteiger partial charge >= 0.3 is 0 Å². The van der Waals surface area contributed by atoms with E-state index in [0.717, 1.165) is 0 Å². The largest absolute Gasteiger partial charge is 0.384 e. The zero-order valence-corrected chi connectivity index (χ0v) is 13.0. The van der Waals surface area contributed by atoms with Gasteiger partial charge in [0, 0.05) is 11.3 Å². The van der Waals surface area contributed by atoms with Crippen molar-refractivity contribution >= 4 is 17.9 Å². The molecule has 0 saturated carbocycles. The molecule has 0 aromatic heterocycles. The highest BCUT2D eigenvalue weighted by atomic mass is 16.1. The van der Waals surface area contributed by atoms with E-state index in [-0.39, 0.29) is 5.84 Å². The van der Waals surface area contributed by atoms with E-state index >= 15 is 0 Å². The number of nitrogens with two attached hydrogens (primary N) is 1. The van der Waals surface area contributed by atoms with Crippen LogP contribution in [0.1, 0.15) is 39.2 Å². The van der Waals surface area contributed by atoms with Crippen LogP contribution in [0.15, 0.2) is 48.1 Å². The summed E-state index contributed by atoms with van der Waals surface area (Å²) in [6.07, 6.45) is 9.47. The number of benzene rings is 1. The first-order valence-corrected chi connectivity index (χ1v) is 6.92. The molecule has 4 N–H and O–H groups in total. The third-order valence-corrected chi connectivity index (χ3v) is 2.86. The highest BCUT2D eigenvalue weighted by Crippen LogP contribution is 2.07. The van der Waals surface area contributed by atoms with Crippen LogP contribution >= 0.6 is 0 Å². The van der Waals surface area contributed by atoms with E-state index in [1.54, 1.807) is 24.3 Å². The van der Waals surface area contributed by atoms with Gasteiger partial charge in [-0.3, -0.25) is 10.2 Å². The molecule has 0 bridgehead atoms. The molecule has 0 aliphatic carbocycles. The molecule has 0 heterocycles. The molecule has 1 rings (SSSR count). The highest BCUT2D eigenvalue weighted by Gasteiger charge is 1.94. The predicted octanol–water partition coefficient (Wildman–Crippen LogP) is 3.85. The zero-order valence-electron chi connectivity index (χ0n) is 13.0. The van der Waals surface area contributed by atoms with Crippen molar-refractivity contribution in [2.75, 3.05) is 5.32 Å². The second-order valence-corrected chi connectivity index (χ2v) is 4.50. The third-order valence-electron chi connectivity index (χ3n) is 2.86. The summed E-state index contributed by atoms with van der Waals surface area (Å²) < 4.78 is 0. The summed E-state index contributed by atoms with van der Waals surface area (Å²) >= 11 is 0. The lowest BCUT2D eigenvalue weighted by molar-refractivity contribution is -0.105. The smallest absolute Gasteiger partial charge is 0.211 e. The standard InChI is InChI=1S/C9H16.C8H9N3O/c1-4-6-7-8-9(3)5-2;9-8(10)6-1-3-7(4-2-6)11-5-12/h4-6H,7-8H2,1-3H3;1-5H,(H3,9,10)(H,11,12)/b6-4-,9-5-;. The minimum atomic E-state index is 0.0210. The minimum Gasteiger partial charge on any atom is -0.384 e. The van der Waals surface area contributed by atoms with E-state index < -0.39 is 0 Å². The Hall–Kier alpha value is -2.36. The van der Waals surface area contributed by atoms with Gasteiger partial charge in [0.25, 0.3) is 0 Å². The Kier molecular flexibility index (Phi) is 10.2. The number of nitrogens with one attached hydrogen (secondary N) is 2. The number of carbonyl (C=O) groups excluding carboxylic acids is 1. The van der Waals surface area contributed by atoms with Gasteiger partial charge in [-0.15, -0.1) is 0 Å². The van der Waals surface area contributed by atoms with Crippen molar-refractivity contribution in [1.82, 2.24) is 0 Å². The van der Waals surface area contributed by atoms with Gasteiger partial charge in [0.05, 0.1) is 0 Å². The molecular weight excluding hydrogens is 262 g/mol. The number of nitrogen functional groups attached to an aromatic ring is 1. The molecule has 0 spiro atoms. The maximum Gasteiger partial charge on any atom is 0.211 e. The molecule has 0 fully saturated rings. The Labute approximate surface area is 127 Å². The number of amidine groups is 1. The second-order valence-electron chi connectivity index (χ2n) is 4.50. The summed E-state index contributed by atoms with van der Waals surface area (Å²) in [4.78, 5) is 10.0. The Morgan fingerprint density at radius 3 is 2.33 bits per heavy atom. The predicted molar refractivity (Wildman–Crippen MR) is 90.6 cm³/mol. The van der Waals surface area contributed by atoms with Crippen LogP contribution < -0.4 is 11.1 Å². The van der Waals surface area contributed by atoms with Crippen LogP contribution in [0.2, 0.25) is 0 Å². The summed E-state index contributed by atoms with van der Waals surface area (Å²) in [5.74, 6) is 0.0210. The van der Waals surface area contributed by atoms with E-state index in [1.165, 1.54) is 18.4 Å². The van der Waals surface area contributed by atoms with Crippen molar-refractivity contribution in [2.45, 2.75) is 33.6 Å². The topological polar surface area (TPSA) is 79.0 Å². The van der Waals surface area contributed by atoms with Crippen molar-refractivity contribution in [3.05, 3.63) is 53.6 Å². The van der Waals surface area contributed by atoms with Crippen LogP contribution in [0.5, 0.6) is 0 Å². The molecule has 0 unspecified atom stereocenters. The first-order chi connectivity index (χ1) is 10.0. The molecular formula is C17H25N3O. The quantitative estimate of drug-likeness (QED) is 0.321. The maximum absolute atomic E-state index is 10.0. The van der Waals surface area contributed by atoms with Gasteiger partial charge in [-0.25, -0.2) is 0 Å². The van der Waals surface area contributed by atoms with Gasteiger partial charge in [-0.05, 0) is 57.9 Å². The lowest BCUT2D eigenvalue weighted by Crippen LogP contribution is -2.10. The molecule has 1 aromatic carbocycles. The first-order valence-electron chi connectivity index (χ1n) is 6.92. The molecule has 0 atom stereocenters. The summed E-state index contributed by atoms with van der Waals surface area (Å²) in [7, 11) is 0. The van der Waals surface area contributed by atoms with E-state index in [0.29, 0.717) is 17.7 Å². The molecule has 0 saturated heterocycles. The number of hydrogen-bond donors (Lipinski definition) is 3. The molecule has 1 aromatic rings. The normalized spacial score (nSPS) is 10.7. The van der Waals surface area contributed by atoms with Gasteiger partial charge in [0.1, 0.15) is 5.84 Å². The van der Waals surface area contributed by atoms with Crippen molar-refractivity contribution in [1.29, 1.82) is 5.41 Å². The summed E-state index contributed by atoms with van der Waals surface area (Å²) in [5.41, 5.74) is 8.05. The van der Waals surface area contributed by atoms with Gasteiger partial charge in [0.2, 0.25) is 6.41 Å². The van der Waals surface area contributed by atoms with Crippen LogP contribution in [0.25, 0.3) is 0 Å². The third kappa shape index (κ3) is 9.21. The second kappa shape index (κ2) is 11.5. The van der Waals surface area contributed by atoms with Crippen molar-refractivity contribution in [2.24, 2.45) is 5.73 Å². The average molecular weight is 287 g/mol. The zero-order chi connectivity index (χ0) is 16.1. The maximum atomic E-state index is 10.0. The van der Waals surface area contributed by atoms with Crippen molar-refractivity contribution in [3.63, 3.8) is 0 Å². The highest BCUT2D eigenvalue weighted by molar-refractivity contribution is 5.95. The Morgan fingerprint density at radius 2 is 1.90 bits per heavy atom. The SMILES string of the molecule is C/C=C\CC/C(C)=C\C.N=C(N)c1ccc(NC=O)cc1. The monoisotopic (exact) mass is 287 g/mol. The molecule has 1 amide bonds. The number of rotatable bonds is 6. The van der Waals surface area contributed by atoms with Crippen LogP contribution in [-0.4, -0.2) is 12.2 Å². The lowest BCUT2D eigenvalue weighted by Gasteiger charge is -1.99. The number of anilines is 1. The summed E-state index contributed by atoms with van der Waals surface area (Å²) in [6.45, 7) is 6.32. The Morgan fingerprint density at radius 1 is 1.29 bits per heavy atom. The van der Waals surface area contributed by atoms with Crippen LogP contribution in [0.4, 0.5) is 5.69 Å². The van der Waals surface area contributed by atoms with Gasteiger partial charge in [-0.2, -0.15) is 0 Å². The molecule has 4 nitrogen and oxygen atoms in total. The van der Waals surface area contributed by atoms with Crippen LogP contribution in [0.3, 0.4) is 0 Å². The minimum absolute atomic E-state index is 0.0210. The molecule has 0 aliphatic heterocycles. The van der Waals surface area contributed by atoms with Crippen LogP contribution in [-0.2, 0) is 4.79 Å². The van der Waals surface area contributed by atoms with E-state index in [1.807, 2.05) is 0 Å². The van der Waals surface area contributed by atoms with Crippen molar-refractivity contribution < 1.29 is 4.79 Å².